The summed E-state index contributed by atoms with van der Waals surface area (Å²) in [4.78, 5) is 53.8. The fraction of sp³-hybridized carbons (Fsp3) is 0.803. The van der Waals surface area contributed by atoms with E-state index in [0.717, 1.165) is 122 Å². The summed E-state index contributed by atoms with van der Waals surface area (Å²) in [5, 5.41) is 2.86. The van der Waals surface area contributed by atoms with E-state index in [2.05, 4.69) is 79.6 Å². The first-order valence-corrected chi connectivity index (χ1v) is 29.4. The summed E-state index contributed by atoms with van der Waals surface area (Å²) >= 11 is 0. The first-order chi connectivity index (χ1) is 34.7. The van der Waals surface area contributed by atoms with Gasteiger partial charge in [-0.3, -0.25) is 14.4 Å². The molecule has 0 aliphatic heterocycles. The lowest BCUT2D eigenvalue weighted by Gasteiger charge is -2.20. The molecule has 71 heavy (non-hydrogen) atoms. The van der Waals surface area contributed by atoms with Gasteiger partial charge in [0.2, 0.25) is 0 Å². The smallest absolute Gasteiger partial charge is 0.407 e. The molecular weight excluding hydrogens is 889 g/mol. The molecule has 0 saturated carbocycles. The maximum atomic E-state index is 13.3. The van der Waals surface area contributed by atoms with Crippen molar-refractivity contribution in [3.63, 3.8) is 0 Å². The fourth-order valence-corrected chi connectivity index (χ4v) is 8.22. The molecule has 0 aliphatic rings. The van der Waals surface area contributed by atoms with Gasteiger partial charge >= 0.3 is 24.0 Å². The van der Waals surface area contributed by atoms with Crippen LogP contribution >= 0.6 is 0 Å². The minimum atomic E-state index is -0.925. The van der Waals surface area contributed by atoms with Crippen LogP contribution in [0, 0.1) is 0 Å². The van der Waals surface area contributed by atoms with Crippen LogP contribution in [0.25, 0.3) is 0 Å². The topological polar surface area (TPSA) is 120 Å². The zero-order valence-electron chi connectivity index (χ0n) is 46.7. The van der Waals surface area contributed by atoms with E-state index in [1.54, 1.807) is 0 Å². The Morgan fingerprint density at radius 1 is 0.408 bits per heavy atom. The van der Waals surface area contributed by atoms with Gasteiger partial charge in [-0.05, 0) is 123 Å². The lowest BCUT2D eigenvalue weighted by atomic mass is 10.0. The molecule has 0 saturated heterocycles. The first kappa shape index (κ1) is 67.6. The number of nitrogens with zero attached hydrogens (tertiary/aromatic N) is 1. The van der Waals surface area contributed by atoms with Crippen molar-refractivity contribution in [2.24, 2.45) is 0 Å². The van der Waals surface area contributed by atoms with Crippen molar-refractivity contribution < 1.29 is 38.1 Å². The Hall–Kier alpha value is -3.40. The molecule has 0 rings (SSSR count). The molecule has 0 spiro atoms. The number of alkyl carbamates (subject to hydrolysis) is 1. The van der Waals surface area contributed by atoms with Crippen LogP contribution in [0.1, 0.15) is 265 Å². The Balaban J connectivity index is 5.07. The van der Waals surface area contributed by atoms with Crippen LogP contribution in [0.5, 0.6) is 0 Å². The monoisotopic (exact) mass is 999 g/mol. The van der Waals surface area contributed by atoms with E-state index in [4.69, 9.17) is 18.9 Å². The molecule has 0 fully saturated rings. The van der Waals surface area contributed by atoms with Crippen molar-refractivity contribution in [3.05, 3.63) is 48.6 Å². The number of hydrogen-bond donors (Lipinski definition) is 1. The van der Waals surface area contributed by atoms with Gasteiger partial charge in [-0.15, -0.1) is 0 Å². The van der Waals surface area contributed by atoms with Crippen LogP contribution in [-0.2, 0) is 33.3 Å². The van der Waals surface area contributed by atoms with Crippen molar-refractivity contribution in [3.8, 4) is 0 Å². The van der Waals surface area contributed by atoms with Gasteiger partial charge in [0.15, 0.2) is 6.10 Å². The van der Waals surface area contributed by atoms with Gasteiger partial charge < -0.3 is 29.2 Å². The van der Waals surface area contributed by atoms with Crippen LogP contribution in [0.4, 0.5) is 4.79 Å². The molecule has 0 aromatic carbocycles. The summed E-state index contributed by atoms with van der Waals surface area (Å²) in [5.74, 6) is -1.21. The van der Waals surface area contributed by atoms with E-state index in [0.29, 0.717) is 19.4 Å². The molecule has 0 radical (unpaired) electrons. The van der Waals surface area contributed by atoms with Gasteiger partial charge in [0.1, 0.15) is 19.3 Å². The maximum Gasteiger partial charge on any atom is 0.407 e. The third-order valence-electron chi connectivity index (χ3n) is 12.7. The molecule has 10 nitrogen and oxygen atoms in total. The summed E-state index contributed by atoms with van der Waals surface area (Å²) in [5.41, 5.74) is 0. The third-order valence-corrected chi connectivity index (χ3v) is 12.7. The Morgan fingerprint density at radius 2 is 0.803 bits per heavy atom. The highest BCUT2D eigenvalue weighted by molar-refractivity contribution is 5.71. The number of carbonyl (C=O) groups excluding carboxylic acids is 4. The summed E-state index contributed by atoms with van der Waals surface area (Å²) in [6.07, 6.45) is 54.9. The van der Waals surface area contributed by atoms with Crippen LogP contribution in [0.15, 0.2) is 48.6 Å². The molecule has 1 amide bonds. The summed E-state index contributed by atoms with van der Waals surface area (Å²) < 4.78 is 22.8. The quantitative estimate of drug-likeness (QED) is 0.0275. The average Bonchev–Trinajstić information content (AvgIpc) is 3.35. The molecule has 1 unspecified atom stereocenters. The van der Waals surface area contributed by atoms with Gasteiger partial charge in [-0.2, -0.15) is 0 Å². The second-order valence-electron chi connectivity index (χ2n) is 20.1. The summed E-state index contributed by atoms with van der Waals surface area (Å²) in [6, 6.07) is 0. The second-order valence-corrected chi connectivity index (χ2v) is 20.1. The lowest BCUT2D eigenvalue weighted by molar-refractivity contribution is -0.167. The van der Waals surface area contributed by atoms with E-state index >= 15 is 0 Å². The van der Waals surface area contributed by atoms with Crippen molar-refractivity contribution in [2.45, 2.75) is 277 Å². The number of rotatable bonds is 52. The van der Waals surface area contributed by atoms with Crippen LogP contribution < -0.4 is 5.32 Å². The fourth-order valence-electron chi connectivity index (χ4n) is 8.22. The van der Waals surface area contributed by atoms with Crippen LogP contribution in [0.2, 0.25) is 0 Å². The average molecular weight is 1000 g/mol. The predicted octanol–water partition coefficient (Wildman–Crippen LogP) is 16.7. The number of amides is 1. The molecule has 1 N–H and O–H groups in total. The third kappa shape index (κ3) is 52.7. The lowest BCUT2D eigenvalue weighted by Crippen LogP contribution is -2.32. The predicted molar refractivity (Wildman–Crippen MR) is 298 cm³/mol. The normalized spacial score (nSPS) is 12.3. The zero-order valence-corrected chi connectivity index (χ0v) is 46.7. The van der Waals surface area contributed by atoms with Crippen molar-refractivity contribution in [1.82, 2.24) is 10.2 Å². The highest BCUT2D eigenvalue weighted by Gasteiger charge is 2.22. The summed E-state index contributed by atoms with van der Waals surface area (Å²) in [6.45, 7) is 7.70. The van der Waals surface area contributed by atoms with Gasteiger partial charge in [-0.25, -0.2) is 4.79 Å². The van der Waals surface area contributed by atoms with Crippen molar-refractivity contribution >= 4 is 24.0 Å². The maximum absolute atomic E-state index is 13.3. The highest BCUT2D eigenvalue weighted by atomic mass is 16.6. The second kappa shape index (κ2) is 54.4. The largest absolute Gasteiger partial charge is 0.462 e. The molecule has 10 heteroatoms. The number of esters is 3. The highest BCUT2D eigenvalue weighted by Crippen LogP contribution is 2.18. The number of carbonyl (C=O) groups is 4. The Labute approximate surface area is 436 Å². The van der Waals surface area contributed by atoms with Gasteiger partial charge in [0, 0.05) is 25.8 Å². The van der Waals surface area contributed by atoms with Gasteiger partial charge in [-0.1, -0.05) is 191 Å². The molecule has 0 aliphatic carbocycles. The van der Waals surface area contributed by atoms with E-state index in [-0.39, 0.29) is 44.4 Å². The number of ether oxygens (including phenoxy) is 4. The minimum absolute atomic E-state index is 0.0205. The summed E-state index contributed by atoms with van der Waals surface area (Å²) in [7, 11) is 3.99. The van der Waals surface area contributed by atoms with E-state index in [1.165, 1.54) is 96.3 Å². The first-order valence-electron chi connectivity index (χ1n) is 29.4. The molecule has 0 aromatic heterocycles. The van der Waals surface area contributed by atoms with E-state index < -0.39 is 24.3 Å². The minimum Gasteiger partial charge on any atom is -0.462 e. The Bertz CT molecular complexity index is 1280. The Kier molecular flexibility index (Phi) is 51.8. The number of allylic oxidation sites excluding steroid dienone is 8. The molecule has 0 bridgehead atoms. The number of unbranched alkanes of at least 4 members (excludes halogenated alkanes) is 25. The Morgan fingerprint density at radius 3 is 1.25 bits per heavy atom. The molecular formula is C61H110N2O8. The van der Waals surface area contributed by atoms with Gasteiger partial charge in [0.25, 0.3) is 0 Å². The number of nitrogens with one attached hydrogen (secondary N) is 1. The SMILES string of the molecule is CCCCC/C=C\C/C=C\CCCCCCCC(=O)OCC(COC(=O)CCCCCCC/C=C\C/C=C\CCCCC)OC(=O)CCC(CCCCCCCCCCCC)OC(=O)NCCCN(C)C. The molecule has 1 atom stereocenters. The number of hydrogen-bond acceptors (Lipinski definition) is 9. The van der Waals surface area contributed by atoms with Gasteiger partial charge in [0.05, 0.1) is 0 Å². The van der Waals surface area contributed by atoms with E-state index in [1.807, 2.05) is 14.1 Å². The molecule has 412 valence electrons. The molecule has 0 aromatic rings. The van der Waals surface area contributed by atoms with Crippen LogP contribution in [0.3, 0.4) is 0 Å². The zero-order chi connectivity index (χ0) is 51.9. The molecule has 0 heterocycles. The van der Waals surface area contributed by atoms with E-state index in [9.17, 15) is 19.2 Å². The van der Waals surface area contributed by atoms with Crippen LogP contribution in [-0.4, -0.2) is 81.5 Å². The van der Waals surface area contributed by atoms with Crippen molar-refractivity contribution in [2.75, 3.05) is 40.4 Å². The van der Waals surface area contributed by atoms with Crippen molar-refractivity contribution in [1.29, 1.82) is 0 Å². The standard InChI is InChI=1S/C61H110N2O8/c1-6-9-12-15-18-21-24-26-28-30-32-35-38-41-44-48-58(64)68-54-57(55-69-59(65)49-45-42-39-36-33-31-29-27-25-22-19-16-13-10-7-2)70-60(66)51-50-56(71-61(67)62-52-46-53-63(4)5)47-43-40-37-34-23-20-17-14-11-8-3/h18-19,21-22,26-29,56-57H,6-17,20,23-25,30-55H2,1-5H3,(H,62,67)/b21-18-,22-19-,28-26-,29-27-.